The van der Waals surface area contributed by atoms with Crippen LogP contribution in [0.3, 0.4) is 0 Å². The highest BCUT2D eigenvalue weighted by molar-refractivity contribution is 6.06. The first kappa shape index (κ1) is 18.9. The van der Waals surface area contributed by atoms with E-state index in [9.17, 15) is 8.78 Å². The van der Waals surface area contributed by atoms with Crippen LogP contribution in [-0.2, 0) is 6.42 Å². The van der Waals surface area contributed by atoms with Crippen molar-refractivity contribution in [2.75, 3.05) is 10.6 Å². The highest BCUT2D eigenvalue weighted by atomic mass is 19.1. The molecule has 152 valence electrons. The highest BCUT2D eigenvalue weighted by Crippen LogP contribution is 2.34. The summed E-state index contributed by atoms with van der Waals surface area (Å²) in [7, 11) is 0. The van der Waals surface area contributed by atoms with Crippen LogP contribution in [0.2, 0.25) is 0 Å². The summed E-state index contributed by atoms with van der Waals surface area (Å²) in [5.74, 6) is 0.136. The van der Waals surface area contributed by atoms with Crippen LogP contribution in [-0.4, -0.2) is 15.7 Å². The van der Waals surface area contributed by atoms with Crippen molar-refractivity contribution in [1.82, 2.24) is 9.97 Å². The third-order valence-electron chi connectivity index (χ3n) is 4.88. The summed E-state index contributed by atoms with van der Waals surface area (Å²) >= 11 is 0. The number of hydrogen-bond donors (Lipinski definition) is 2. The monoisotopic (exact) mass is 413 g/mol. The summed E-state index contributed by atoms with van der Waals surface area (Å²) in [6.07, 6.45) is 0.498. The maximum absolute atomic E-state index is 14.2. The van der Waals surface area contributed by atoms with E-state index in [1.165, 1.54) is 12.1 Å². The number of aromatic nitrogens is 2. The van der Waals surface area contributed by atoms with Gasteiger partial charge in [0, 0.05) is 6.42 Å². The molecule has 1 aliphatic heterocycles. The third kappa shape index (κ3) is 3.85. The zero-order valence-corrected chi connectivity index (χ0v) is 16.3. The van der Waals surface area contributed by atoms with E-state index in [1.54, 1.807) is 36.4 Å². The lowest BCUT2D eigenvalue weighted by atomic mass is 10.1. The van der Waals surface area contributed by atoms with E-state index in [0.29, 0.717) is 17.9 Å². The molecule has 0 spiro atoms. The molecule has 2 N–H and O–H groups in total. The van der Waals surface area contributed by atoms with Crippen LogP contribution in [0.25, 0.3) is 0 Å². The molecule has 0 radical (unpaired) electrons. The largest absolute Gasteiger partial charge is 0.335 e. The number of hydrogen-bond acceptors (Lipinski definition) is 5. The predicted octanol–water partition coefficient (Wildman–Crippen LogP) is 5.92. The molecular weight excluding hydrogens is 396 g/mol. The second-order valence-electron chi connectivity index (χ2n) is 7.00. The lowest BCUT2D eigenvalue weighted by molar-refractivity contribution is 0.631. The SMILES string of the molecule is Fc1ccccc1Nc1nc2c(nc1Nc1ccccc1F)N=C(c1ccccc1)C2. The Hall–Kier alpha value is -4.13. The number of aliphatic imine (C=N–C) groups is 1. The van der Waals surface area contributed by atoms with E-state index in [0.717, 1.165) is 11.3 Å². The molecule has 4 aromatic rings. The summed E-state index contributed by atoms with van der Waals surface area (Å²) in [6.45, 7) is 0. The number of benzene rings is 3. The minimum absolute atomic E-state index is 0.235. The fourth-order valence-corrected chi connectivity index (χ4v) is 3.35. The van der Waals surface area contributed by atoms with Gasteiger partial charge in [-0.25, -0.2) is 23.7 Å². The standard InChI is InChI=1S/C24H17F2N5/c25-16-10-4-6-12-18(16)27-23-24(28-19-13-7-5-11-17(19)26)31-22-21(30-23)14-20(29-22)15-8-2-1-3-9-15/h1-13H,14H2,(H,27,30)(H,28,31). The number of rotatable bonds is 5. The maximum Gasteiger partial charge on any atom is 0.176 e. The lowest BCUT2D eigenvalue weighted by Gasteiger charge is -2.14. The van der Waals surface area contributed by atoms with E-state index in [1.807, 2.05) is 30.3 Å². The van der Waals surface area contributed by atoms with E-state index in [2.05, 4.69) is 25.6 Å². The summed E-state index contributed by atoms with van der Waals surface area (Å²) < 4.78 is 28.5. The predicted molar refractivity (Wildman–Crippen MR) is 118 cm³/mol. The van der Waals surface area contributed by atoms with Gasteiger partial charge in [-0.1, -0.05) is 54.6 Å². The Morgan fingerprint density at radius 3 is 1.81 bits per heavy atom. The zero-order chi connectivity index (χ0) is 21.2. The fourth-order valence-electron chi connectivity index (χ4n) is 3.35. The Labute approximate surface area is 177 Å². The summed E-state index contributed by atoms with van der Waals surface area (Å²) in [6, 6.07) is 22.3. The maximum atomic E-state index is 14.2. The molecule has 3 aromatic carbocycles. The van der Waals surface area contributed by atoms with Crippen LogP contribution in [0.15, 0.2) is 83.9 Å². The Bertz CT molecular complexity index is 1290. The quantitative estimate of drug-likeness (QED) is 0.426. The van der Waals surface area contributed by atoms with E-state index in [-0.39, 0.29) is 23.0 Å². The average molecular weight is 413 g/mol. The molecule has 0 fully saturated rings. The normalized spacial score (nSPS) is 12.3. The number of fused-ring (bicyclic) bond motifs is 1. The first-order valence-corrected chi connectivity index (χ1v) is 9.74. The van der Waals surface area contributed by atoms with Gasteiger partial charge in [-0.15, -0.1) is 0 Å². The molecule has 0 saturated carbocycles. The van der Waals surface area contributed by atoms with Gasteiger partial charge in [-0.2, -0.15) is 0 Å². The molecule has 0 saturated heterocycles. The Balaban J connectivity index is 1.56. The van der Waals surface area contributed by atoms with Gasteiger partial charge in [-0.05, 0) is 29.8 Å². The van der Waals surface area contributed by atoms with E-state index >= 15 is 0 Å². The molecule has 1 aliphatic rings. The van der Waals surface area contributed by atoms with Gasteiger partial charge in [-0.3, -0.25) is 0 Å². The van der Waals surface area contributed by atoms with Crippen LogP contribution in [0, 0.1) is 11.6 Å². The van der Waals surface area contributed by atoms with Gasteiger partial charge in [0.2, 0.25) is 0 Å². The Morgan fingerprint density at radius 1 is 0.645 bits per heavy atom. The number of nitrogens with one attached hydrogen (secondary N) is 2. The summed E-state index contributed by atoms with van der Waals surface area (Å²) in [4.78, 5) is 13.8. The van der Waals surface area contributed by atoms with Crippen LogP contribution >= 0.6 is 0 Å². The lowest BCUT2D eigenvalue weighted by Crippen LogP contribution is -2.07. The molecule has 2 heterocycles. The van der Waals surface area contributed by atoms with Gasteiger partial charge < -0.3 is 10.6 Å². The smallest absolute Gasteiger partial charge is 0.176 e. The first-order chi connectivity index (χ1) is 15.2. The van der Waals surface area contributed by atoms with Crippen LogP contribution in [0.4, 0.5) is 37.6 Å². The van der Waals surface area contributed by atoms with Gasteiger partial charge in [0.15, 0.2) is 17.5 Å². The van der Waals surface area contributed by atoms with Crippen LogP contribution in [0.1, 0.15) is 11.3 Å². The molecule has 31 heavy (non-hydrogen) atoms. The molecular formula is C24H17F2N5. The van der Waals surface area contributed by atoms with Crippen LogP contribution in [0.5, 0.6) is 0 Å². The van der Waals surface area contributed by atoms with Crippen molar-refractivity contribution in [2.45, 2.75) is 6.42 Å². The average Bonchev–Trinajstić information content (AvgIpc) is 3.20. The van der Waals surface area contributed by atoms with Crippen molar-refractivity contribution in [1.29, 1.82) is 0 Å². The second kappa shape index (κ2) is 7.95. The van der Waals surface area contributed by atoms with Gasteiger partial charge in [0.1, 0.15) is 11.6 Å². The zero-order valence-electron chi connectivity index (χ0n) is 16.3. The molecule has 0 unspecified atom stereocenters. The highest BCUT2D eigenvalue weighted by Gasteiger charge is 2.23. The number of nitrogens with zero attached hydrogens (tertiary/aromatic N) is 3. The van der Waals surface area contributed by atoms with E-state index < -0.39 is 11.6 Å². The Morgan fingerprint density at radius 2 is 1.19 bits per heavy atom. The molecule has 5 rings (SSSR count). The number of halogens is 2. The van der Waals surface area contributed by atoms with Gasteiger partial charge in [0.25, 0.3) is 0 Å². The fraction of sp³-hybridized carbons (Fsp3) is 0.0417. The van der Waals surface area contributed by atoms with Crippen molar-refractivity contribution < 1.29 is 8.78 Å². The van der Waals surface area contributed by atoms with Crippen molar-refractivity contribution in [3.8, 4) is 0 Å². The van der Waals surface area contributed by atoms with E-state index in [4.69, 9.17) is 0 Å². The minimum Gasteiger partial charge on any atom is -0.335 e. The summed E-state index contributed by atoms with van der Waals surface area (Å²) in [5, 5.41) is 5.94. The molecule has 7 heteroatoms. The van der Waals surface area contributed by atoms with Crippen molar-refractivity contribution in [2.24, 2.45) is 4.99 Å². The van der Waals surface area contributed by atoms with Gasteiger partial charge >= 0.3 is 0 Å². The van der Waals surface area contributed by atoms with Crippen molar-refractivity contribution >= 4 is 34.5 Å². The third-order valence-corrected chi connectivity index (χ3v) is 4.88. The molecule has 0 aliphatic carbocycles. The molecule has 1 aromatic heterocycles. The topological polar surface area (TPSA) is 62.2 Å². The summed E-state index contributed by atoms with van der Waals surface area (Å²) in [5.41, 5.74) is 2.97. The van der Waals surface area contributed by atoms with Crippen molar-refractivity contribution in [3.63, 3.8) is 0 Å². The number of anilines is 4. The number of para-hydroxylation sites is 2. The molecule has 0 amide bonds. The van der Waals surface area contributed by atoms with Crippen LogP contribution < -0.4 is 10.6 Å². The first-order valence-electron chi connectivity index (χ1n) is 9.74. The minimum atomic E-state index is -0.435. The second-order valence-corrected chi connectivity index (χ2v) is 7.00. The molecule has 5 nitrogen and oxygen atoms in total. The molecule has 0 atom stereocenters. The van der Waals surface area contributed by atoms with Crippen molar-refractivity contribution in [3.05, 3.63) is 102 Å². The molecule has 0 bridgehead atoms. The van der Waals surface area contributed by atoms with Gasteiger partial charge in [0.05, 0.1) is 22.8 Å². The Kier molecular flexibility index (Phi) is 4.84.